The second-order valence-electron chi connectivity index (χ2n) is 6.04. The van der Waals surface area contributed by atoms with Crippen molar-refractivity contribution in [3.05, 3.63) is 59.7 Å². The zero-order valence-electron chi connectivity index (χ0n) is 15.5. The van der Waals surface area contributed by atoms with Crippen LogP contribution in [-0.4, -0.2) is 61.9 Å². The number of phenolic OH excluding ortho intramolecular Hbond substituents is 2. The molecular formula is C21H28N4O2. The van der Waals surface area contributed by atoms with E-state index < -0.39 is 0 Å². The summed E-state index contributed by atoms with van der Waals surface area (Å²) < 4.78 is 0. The summed E-state index contributed by atoms with van der Waals surface area (Å²) in [6.07, 6.45) is 4.44. The highest BCUT2D eigenvalue weighted by molar-refractivity contribution is 5.83. The molecule has 6 nitrogen and oxygen atoms in total. The maximum Gasteiger partial charge on any atom is 0.124 e. The van der Waals surface area contributed by atoms with E-state index in [2.05, 4.69) is 20.6 Å². The lowest BCUT2D eigenvalue weighted by atomic mass is 10.2. The fourth-order valence-electron chi connectivity index (χ4n) is 2.39. The molecule has 0 fully saturated rings. The summed E-state index contributed by atoms with van der Waals surface area (Å²) in [4.78, 5) is 8.61. The van der Waals surface area contributed by atoms with Crippen LogP contribution in [0, 0.1) is 0 Å². The Balaban J connectivity index is 1.43. The Morgan fingerprint density at radius 1 is 0.667 bits per heavy atom. The quantitative estimate of drug-likeness (QED) is 0.342. The largest absolute Gasteiger partial charge is 0.507 e. The second kappa shape index (κ2) is 12.6. The van der Waals surface area contributed by atoms with Crippen molar-refractivity contribution in [3.63, 3.8) is 0 Å². The molecule has 0 aliphatic heterocycles. The average molecular weight is 368 g/mol. The number of aromatic hydroxyl groups is 2. The number of hydrogen-bond donors (Lipinski definition) is 4. The summed E-state index contributed by atoms with van der Waals surface area (Å²) in [7, 11) is 0. The van der Waals surface area contributed by atoms with Crippen LogP contribution in [0.5, 0.6) is 11.5 Å². The predicted molar refractivity (Wildman–Crippen MR) is 111 cm³/mol. The highest BCUT2D eigenvalue weighted by atomic mass is 16.3. The lowest BCUT2D eigenvalue weighted by Gasteiger charge is -2.04. The minimum atomic E-state index is 0.255. The summed E-state index contributed by atoms with van der Waals surface area (Å²) in [5, 5.41) is 25.9. The minimum Gasteiger partial charge on any atom is -0.507 e. The van der Waals surface area contributed by atoms with Gasteiger partial charge in [0.25, 0.3) is 0 Å². The van der Waals surface area contributed by atoms with Gasteiger partial charge in [-0.1, -0.05) is 24.3 Å². The van der Waals surface area contributed by atoms with E-state index in [9.17, 15) is 10.2 Å². The van der Waals surface area contributed by atoms with E-state index in [0.717, 1.165) is 43.7 Å². The normalized spacial score (nSPS) is 11.6. The maximum atomic E-state index is 9.62. The van der Waals surface area contributed by atoms with Gasteiger partial charge in [0.2, 0.25) is 0 Å². The zero-order chi connectivity index (χ0) is 19.2. The van der Waals surface area contributed by atoms with E-state index in [4.69, 9.17) is 0 Å². The SMILES string of the molecule is Oc1ccccc1C=NCCNCCCNCCN=Cc1ccccc1O. The molecule has 0 heterocycles. The van der Waals surface area contributed by atoms with E-state index in [1.54, 1.807) is 36.7 Å². The second-order valence-corrected chi connectivity index (χ2v) is 6.04. The van der Waals surface area contributed by atoms with Crippen LogP contribution in [0.25, 0.3) is 0 Å². The standard InChI is InChI=1S/C21H28N4O2/c26-20-8-3-1-6-18(20)16-24-14-12-22-10-5-11-23-13-15-25-17-19-7-2-4-9-21(19)27/h1-4,6-9,16-17,22-23,26-27H,5,10-15H2. The first-order valence-corrected chi connectivity index (χ1v) is 9.24. The molecule has 0 radical (unpaired) electrons. The van der Waals surface area contributed by atoms with Crippen LogP contribution in [0.3, 0.4) is 0 Å². The van der Waals surface area contributed by atoms with Gasteiger partial charge in [-0.2, -0.15) is 0 Å². The van der Waals surface area contributed by atoms with Crippen molar-refractivity contribution in [1.29, 1.82) is 0 Å². The van der Waals surface area contributed by atoms with Crippen LogP contribution < -0.4 is 10.6 Å². The lowest BCUT2D eigenvalue weighted by Crippen LogP contribution is -2.25. The van der Waals surface area contributed by atoms with E-state index in [1.807, 2.05) is 24.3 Å². The fourth-order valence-corrected chi connectivity index (χ4v) is 2.39. The van der Waals surface area contributed by atoms with Crippen molar-refractivity contribution < 1.29 is 10.2 Å². The molecule has 0 aliphatic rings. The third kappa shape index (κ3) is 8.48. The zero-order valence-corrected chi connectivity index (χ0v) is 15.5. The molecular weight excluding hydrogens is 340 g/mol. The summed E-state index contributed by atoms with van der Waals surface area (Å²) >= 11 is 0. The van der Waals surface area contributed by atoms with Crippen molar-refractivity contribution in [2.45, 2.75) is 6.42 Å². The molecule has 144 valence electrons. The van der Waals surface area contributed by atoms with Crippen LogP contribution in [0.4, 0.5) is 0 Å². The molecule has 0 aliphatic carbocycles. The number of hydrogen-bond acceptors (Lipinski definition) is 6. The van der Waals surface area contributed by atoms with Gasteiger partial charge in [0.15, 0.2) is 0 Å². The van der Waals surface area contributed by atoms with E-state index >= 15 is 0 Å². The molecule has 6 heteroatoms. The predicted octanol–water partition coefficient (Wildman–Crippen LogP) is 2.21. The Labute approximate surface area is 160 Å². The summed E-state index contributed by atoms with van der Waals surface area (Å²) in [5.74, 6) is 0.510. The summed E-state index contributed by atoms with van der Waals surface area (Å²) in [5.41, 5.74) is 1.48. The number of nitrogens with one attached hydrogen (secondary N) is 2. The number of aliphatic imine (C=N–C) groups is 2. The number of benzene rings is 2. The van der Waals surface area contributed by atoms with Gasteiger partial charge in [0, 0.05) is 36.6 Å². The maximum absolute atomic E-state index is 9.62. The van der Waals surface area contributed by atoms with Gasteiger partial charge in [-0.3, -0.25) is 9.98 Å². The van der Waals surface area contributed by atoms with Crippen LogP contribution in [0.1, 0.15) is 17.5 Å². The van der Waals surface area contributed by atoms with Crippen molar-refractivity contribution in [1.82, 2.24) is 10.6 Å². The molecule has 2 rings (SSSR count). The topological polar surface area (TPSA) is 89.2 Å². The molecule has 0 unspecified atom stereocenters. The lowest BCUT2D eigenvalue weighted by molar-refractivity contribution is 0.474. The molecule has 0 saturated carbocycles. The van der Waals surface area contributed by atoms with Gasteiger partial charge in [0.05, 0.1) is 13.1 Å². The van der Waals surface area contributed by atoms with Crippen LogP contribution in [0.2, 0.25) is 0 Å². The number of nitrogens with zero attached hydrogens (tertiary/aromatic N) is 2. The van der Waals surface area contributed by atoms with Gasteiger partial charge in [-0.25, -0.2) is 0 Å². The van der Waals surface area contributed by atoms with Crippen molar-refractivity contribution >= 4 is 12.4 Å². The van der Waals surface area contributed by atoms with Gasteiger partial charge in [0.1, 0.15) is 11.5 Å². The van der Waals surface area contributed by atoms with E-state index in [1.165, 1.54) is 0 Å². The van der Waals surface area contributed by atoms with Gasteiger partial charge >= 0.3 is 0 Å². The third-order valence-corrected chi connectivity index (χ3v) is 3.88. The number of para-hydroxylation sites is 2. The molecule has 2 aromatic carbocycles. The first kappa shape index (κ1) is 20.6. The van der Waals surface area contributed by atoms with Crippen LogP contribution >= 0.6 is 0 Å². The van der Waals surface area contributed by atoms with Gasteiger partial charge in [-0.15, -0.1) is 0 Å². The minimum absolute atomic E-state index is 0.255. The molecule has 2 aromatic rings. The molecule has 0 atom stereocenters. The molecule has 0 saturated heterocycles. The van der Waals surface area contributed by atoms with Crippen LogP contribution in [-0.2, 0) is 0 Å². The Kier molecular flexibility index (Phi) is 9.63. The molecule has 0 amide bonds. The van der Waals surface area contributed by atoms with E-state index in [0.29, 0.717) is 13.1 Å². The molecule has 0 bridgehead atoms. The first-order valence-electron chi connectivity index (χ1n) is 9.24. The summed E-state index contributed by atoms with van der Waals surface area (Å²) in [6.45, 7) is 4.86. The number of phenols is 2. The Hall–Kier alpha value is -2.70. The first-order chi connectivity index (χ1) is 13.3. The fraction of sp³-hybridized carbons (Fsp3) is 0.333. The highest BCUT2D eigenvalue weighted by Crippen LogP contribution is 2.13. The van der Waals surface area contributed by atoms with Gasteiger partial charge in [-0.05, 0) is 43.8 Å². The van der Waals surface area contributed by atoms with Crippen molar-refractivity contribution in [3.8, 4) is 11.5 Å². The van der Waals surface area contributed by atoms with Gasteiger partial charge < -0.3 is 20.8 Å². The highest BCUT2D eigenvalue weighted by Gasteiger charge is 1.95. The Morgan fingerprint density at radius 2 is 1.11 bits per heavy atom. The Morgan fingerprint density at radius 3 is 1.56 bits per heavy atom. The van der Waals surface area contributed by atoms with Crippen molar-refractivity contribution in [2.75, 3.05) is 39.3 Å². The smallest absolute Gasteiger partial charge is 0.124 e. The molecule has 4 N–H and O–H groups in total. The van der Waals surface area contributed by atoms with Crippen LogP contribution in [0.15, 0.2) is 58.5 Å². The average Bonchev–Trinajstić information content (AvgIpc) is 2.68. The molecule has 0 spiro atoms. The third-order valence-electron chi connectivity index (χ3n) is 3.88. The van der Waals surface area contributed by atoms with Crippen molar-refractivity contribution in [2.24, 2.45) is 9.98 Å². The number of rotatable bonds is 12. The monoisotopic (exact) mass is 368 g/mol. The summed E-state index contributed by atoms with van der Waals surface area (Å²) in [6, 6.07) is 14.3. The molecule has 27 heavy (non-hydrogen) atoms. The van der Waals surface area contributed by atoms with E-state index in [-0.39, 0.29) is 11.5 Å². The molecule has 0 aromatic heterocycles. The Bertz CT molecular complexity index is 670.